The third-order valence-electron chi connectivity index (χ3n) is 3.62. The molecular formula is C15H23N3O. The Morgan fingerprint density at radius 1 is 1.53 bits per heavy atom. The highest BCUT2D eigenvalue weighted by Crippen LogP contribution is 2.26. The van der Waals surface area contributed by atoms with Crippen molar-refractivity contribution in [2.75, 3.05) is 33.7 Å². The Kier molecular flexibility index (Phi) is 4.53. The van der Waals surface area contributed by atoms with Gasteiger partial charge in [0.1, 0.15) is 0 Å². The monoisotopic (exact) mass is 261 g/mol. The van der Waals surface area contributed by atoms with Crippen LogP contribution >= 0.6 is 0 Å². The summed E-state index contributed by atoms with van der Waals surface area (Å²) >= 11 is 0. The molecular weight excluding hydrogens is 238 g/mol. The number of hydrogen-bond acceptors (Lipinski definition) is 3. The number of carbonyl (C=O) groups is 1. The van der Waals surface area contributed by atoms with Gasteiger partial charge in [-0.25, -0.2) is 0 Å². The van der Waals surface area contributed by atoms with Crippen LogP contribution in [-0.4, -0.2) is 54.4 Å². The summed E-state index contributed by atoms with van der Waals surface area (Å²) in [6.45, 7) is 4.26. The van der Waals surface area contributed by atoms with Crippen molar-refractivity contribution in [3.8, 4) is 0 Å². The largest absolute Gasteiger partial charge is 0.341 e. The highest BCUT2D eigenvalue weighted by atomic mass is 16.2. The second kappa shape index (κ2) is 6.15. The van der Waals surface area contributed by atoms with Crippen LogP contribution in [0.15, 0.2) is 18.3 Å². The average Bonchev–Trinajstić information content (AvgIpc) is 2.38. The molecule has 0 unspecified atom stereocenters. The molecule has 1 atom stereocenters. The highest BCUT2D eigenvalue weighted by molar-refractivity contribution is 5.78. The summed E-state index contributed by atoms with van der Waals surface area (Å²) in [5.41, 5.74) is 2.36. The van der Waals surface area contributed by atoms with E-state index < -0.39 is 0 Å². The summed E-state index contributed by atoms with van der Waals surface area (Å²) in [5.74, 6) is 0.696. The van der Waals surface area contributed by atoms with E-state index >= 15 is 0 Å². The lowest BCUT2D eigenvalue weighted by molar-refractivity contribution is -0.133. The predicted octanol–water partition coefficient (Wildman–Crippen LogP) is 1.66. The van der Waals surface area contributed by atoms with Gasteiger partial charge in [-0.1, -0.05) is 0 Å². The zero-order valence-corrected chi connectivity index (χ0v) is 12.1. The van der Waals surface area contributed by atoms with Crippen LogP contribution in [0.4, 0.5) is 0 Å². The Morgan fingerprint density at radius 2 is 2.32 bits per heavy atom. The fourth-order valence-electron chi connectivity index (χ4n) is 2.67. The van der Waals surface area contributed by atoms with Crippen LogP contribution in [0.5, 0.6) is 0 Å². The molecule has 1 aliphatic heterocycles. The number of carbonyl (C=O) groups excluding carboxylic acids is 1. The first kappa shape index (κ1) is 14.0. The number of nitrogens with zero attached hydrogens (tertiary/aromatic N) is 3. The quantitative estimate of drug-likeness (QED) is 0.830. The van der Waals surface area contributed by atoms with Gasteiger partial charge in [0, 0.05) is 30.9 Å². The fourth-order valence-corrected chi connectivity index (χ4v) is 2.67. The molecule has 19 heavy (non-hydrogen) atoms. The lowest BCUT2D eigenvalue weighted by Crippen LogP contribution is -2.43. The third kappa shape index (κ3) is 3.77. The number of pyridine rings is 1. The Bertz CT molecular complexity index is 445. The molecule has 0 spiro atoms. The van der Waals surface area contributed by atoms with E-state index in [2.05, 4.69) is 17.1 Å². The van der Waals surface area contributed by atoms with Gasteiger partial charge in [0.25, 0.3) is 0 Å². The lowest BCUT2D eigenvalue weighted by Gasteiger charge is -2.33. The van der Waals surface area contributed by atoms with E-state index in [9.17, 15) is 4.79 Å². The van der Waals surface area contributed by atoms with E-state index in [0.29, 0.717) is 12.5 Å². The maximum absolute atomic E-state index is 12.1. The number of amides is 1. The molecule has 1 aromatic heterocycles. The minimum atomic E-state index is 0.237. The Balaban J connectivity index is 2.03. The first-order valence-corrected chi connectivity index (χ1v) is 6.91. The number of likely N-dealkylation sites (tertiary alicyclic amines) is 1. The zero-order valence-electron chi connectivity index (χ0n) is 12.1. The average molecular weight is 261 g/mol. The number of hydrogen-bond donors (Lipinski definition) is 0. The molecule has 1 saturated heterocycles. The predicted molar refractivity (Wildman–Crippen MR) is 76.1 cm³/mol. The first-order valence-electron chi connectivity index (χ1n) is 6.91. The van der Waals surface area contributed by atoms with Crippen molar-refractivity contribution in [1.29, 1.82) is 0 Å². The molecule has 1 amide bonds. The Labute approximate surface area is 115 Å². The van der Waals surface area contributed by atoms with Gasteiger partial charge < -0.3 is 9.80 Å². The topological polar surface area (TPSA) is 36.4 Å². The number of likely N-dealkylation sites (N-methyl/N-ethyl adjacent to an activating group) is 1. The van der Waals surface area contributed by atoms with Gasteiger partial charge in [0.2, 0.25) is 5.91 Å². The van der Waals surface area contributed by atoms with Gasteiger partial charge in [0.05, 0.1) is 6.54 Å². The van der Waals surface area contributed by atoms with Crippen molar-refractivity contribution in [2.24, 2.45) is 0 Å². The van der Waals surface area contributed by atoms with E-state index in [1.807, 2.05) is 37.0 Å². The van der Waals surface area contributed by atoms with Crippen molar-refractivity contribution >= 4 is 5.91 Å². The fraction of sp³-hybridized carbons (Fsp3) is 0.600. The van der Waals surface area contributed by atoms with Crippen molar-refractivity contribution in [1.82, 2.24) is 14.8 Å². The van der Waals surface area contributed by atoms with Gasteiger partial charge in [-0.15, -0.1) is 0 Å². The van der Waals surface area contributed by atoms with E-state index in [4.69, 9.17) is 0 Å². The van der Waals surface area contributed by atoms with Gasteiger partial charge in [-0.2, -0.15) is 0 Å². The lowest BCUT2D eigenvalue weighted by atomic mass is 9.91. The van der Waals surface area contributed by atoms with Crippen molar-refractivity contribution < 1.29 is 4.79 Å². The summed E-state index contributed by atoms with van der Waals surface area (Å²) in [6, 6.07) is 4.22. The summed E-state index contributed by atoms with van der Waals surface area (Å²) in [6.07, 6.45) is 4.12. The van der Waals surface area contributed by atoms with Gasteiger partial charge in [-0.3, -0.25) is 9.78 Å². The van der Waals surface area contributed by atoms with Crippen LogP contribution in [0.25, 0.3) is 0 Å². The van der Waals surface area contributed by atoms with E-state index in [1.165, 1.54) is 5.56 Å². The summed E-state index contributed by atoms with van der Waals surface area (Å²) in [7, 11) is 3.87. The molecule has 1 aliphatic rings. The summed E-state index contributed by atoms with van der Waals surface area (Å²) < 4.78 is 0. The van der Waals surface area contributed by atoms with Crippen molar-refractivity contribution in [3.05, 3.63) is 29.6 Å². The van der Waals surface area contributed by atoms with Crippen LogP contribution in [0.3, 0.4) is 0 Å². The van der Waals surface area contributed by atoms with E-state index in [1.54, 1.807) is 0 Å². The van der Waals surface area contributed by atoms with E-state index in [-0.39, 0.29) is 5.91 Å². The third-order valence-corrected chi connectivity index (χ3v) is 3.62. The molecule has 0 aromatic carbocycles. The summed E-state index contributed by atoms with van der Waals surface area (Å²) in [5, 5.41) is 0. The van der Waals surface area contributed by atoms with Gasteiger partial charge >= 0.3 is 0 Å². The van der Waals surface area contributed by atoms with Gasteiger partial charge in [-0.05, 0) is 51.6 Å². The normalized spacial score (nSPS) is 19.8. The molecule has 2 rings (SSSR count). The Hall–Kier alpha value is -1.42. The van der Waals surface area contributed by atoms with Crippen LogP contribution < -0.4 is 0 Å². The second-order valence-electron chi connectivity index (χ2n) is 5.65. The van der Waals surface area contributed by atoms with E-state index in [0.717, 1.165) is 31.6 Å². The SMILES string of the molecule is Cc1cc([C@H]2CCCN(C(=O)CN(C)C)C2)ccn1. The van der Waals surface area contributed by atoms with Crippen LogP contribution in [0, 0.1) is 6.92 Å². The molecule has 1 aromatic rings. The maximum Gasteiger partial charge on any atom is 0.236 e. The summed E-state index contributed by atoms with van der Waals surface area (Å²) in [4.78, 5) is 20.3. The molecule has 4 heteroatoms. The smallest absolute Gasteiger partial charge is 0.236 e. The van der Waals surface area contributed by atoms with Crippen LogP contribution in [0.1, 0.15) is 30.0 Å². The van der Waals surface area contributed by atoms with Crippen molar-refractivity contribution in [2.45, 2.75) is 25.7 Å². The maximum atomic E-state index is 12.1. The van der Waals surface area contributed by atoms with Crippen LogP contribution in [0.2, 0.25) is 0 Å². The minimum Gasteiger partial charge on any atom is -0.341 e. The number of aryl methyl sites for hydroxylation is 1. The molecule has 0 radical (unpaired) electrons. The zero-order chi connectivity index (χ0) is 13.8. The number of aromatic nitrogens is 1. The molecule has 1 fully saturated rings. The standard InChI is InChI=1S/C15H23N3O/c1-12-9-13(6-7-16-12)14-5-4-8-18(10-14)15(19)11-17(2)3/h6-7,9,14H,4-5,8,10-11H2,1-3H3/t14-/m0/s1. The number of rotatable bonds is 3. The highest BCUT2D eigenvalue weighted by Gasteiger charge is 2.24. The number of piperidine rings is 1. The molecule has 0 bridgehead atoms. The minimum absolute atomic E-state index is 0.237. The van der Waals surface area contributed by atoms with Gasteiger partial charge in [0.15, 0.2) is 0 Å². The second-order valence-corrected chi connectivity index (χ2v) is 5.65. The first-order chi connectivity index (χ1) is 9.06. The Morgan fingerprint density at radius 3 is 3.00 bits per heavy atom. The van der Waals surface area contributed by atoms with Crippen LogP contribution in [-0.2, 0) is 4.79 Å². The molecule has 104 valence electrons. The molecule has 0 aliphatic carbocycles. The molecule has 0 N–H and O–H groups in total. The molecule has 2 heterocycles. The molecule has 0 saturated carbocycles. The molecule has 4 nitrogen and oxygen atoms in total. The van der Waals surface area contributed by atoms with Crippen molar-refractivity contribution in [3.63, 3.8) is 0 Å².